The summed E-state index contributed by atoms with van der Waals surface area (Å²) in [5.41, 5.74) is 1.38. The lowest BCUT2D eigenvalue weighted by Gasteiger charge is -2.35. The Bertz CT molecular complexity index is 1440. The molecule has 3 aromatic rings. The standard InChI is InChI=1S/C29H22BrN3O3/c1-35-22-10-6-18(7-11-22)28(34)27-26(20-4-3-5-23(15-20)36-2)29(16-31,17-32)25-13-8-19-14-21(30)9-12-24(19)33(25)27/h3-15,25-27H,1-2H3/t25-,26+,27+/m1/s1. The molecule has 5 rings (SSSR count). The molecule has 36 heavy (non-hydrogen) atoms. The van der Waals surface area contributed by atoms with E-state index < -0.39 is 23.4 Å². The van der Waals surface area contributed by atoms with Gasteiger partial charge in [-0.05, 0) is 65.7 Å². The van der Waals surface area contributed by atoms with Gasteiger partial charge in [0.15, 0.2) is 11.2 Å². The maximum Gasteiger partial charge on any atom is 0.185 e. The molecule has 0 spiro atoms. The van der Waals surface area contributed by atoms with Crippen LogP contribution in [0.4, 0.5) is 5.69 Å². The number of Topliss-reactive ketones (excluding diaryl/α,β-unsaturated/α-hetero) is 1. The number of anilines is 1. The first-order valence-corrected chi connectivity index (χ1v) is 12.2. The van der Waals surface area contributed by atoms with Crippen LogP contribution in [0.25, 0.3) is 6.08 Å². The minimum Gasteiger partial charge on any atom is -0.497 e. The van der Waals surface area contributed by atoms with E-state index in [1.165, 1.54) is 0 Å². The molecule has 7 heteroatoms. The number of carbonyl (C=O) groups excluding carboxylic acids is 1. The summed E-state index contributed by atoms with van der Waals surface area (Å²) in [4.78, 5) is 16.2. The maximum atomic E-state index is 14.3. The van der Waals surface area contributed by atoms with Gasteiger partial charge in [-0.15, -0.1) is 0 Å². The number of hydrogen-bond donors (Lipinski definition) is 0. The van der Waals surface area contributed by atoms with Crippen LogP contribution >= 0.6 is 15.9 Å². The third-order valence-corrected chi connectivity index (χ3v) is 7.56. The summed E-state index contributed by atoms with van der Waals surface area (Å²) in [6.07, 6.45) is 3.79. The fraction of sp³-hybridized carbons (Fsp3) is 0.207. The molecule has 0 saturated carbocycles. The van der Waals surface area contributed by atoms with Crippen molar-refractivity contribution >= 4 is 33.5 Å². The van der Waals surface area contributed by atoms with Crippen LogP contribution < -0.4 is 14.4 Å². The largest absolute Gasteiger partial charge is 0.497 e. The molecular formula is C29H22BrN3O3. The van der Waals surface area contributed by atoms with Crippen molar-refractivity contribution in [3.8, 4) is 23.6 Å². The molecule has 1 fully saturated rings. The van der Waals surface area contributed by atoms with E-state index >= 15 is 0 Å². The van der Waals surface area contributed by atoms with E-state index in [0.29, 0.717) is 22.6 Å². The van der Waals surface area contributed by atoms with Crippen LogP contribution in [0.2, 0.25) is 0 Å². The third-order valence-electron chi connectivity index (χ3n) is 7.06. The molecule has 0 radical (unpaired) electrons. The summed E-state index contributed by atoms with van der Waals surface area (Å²) >= 11 is 3.52. The molecule has 1 saturated heterocycles. The molecule has 2 aliphatic heterocycles. The number of fused-ring (bicyclic) bond motifs is 3. The number of hydrogen-bond acceptors (Lipinski definition) is 6. The molecule has 0 aliphatic carbocycles. The van der Waals surface area contributed by atoms with Crippen molar-refractivity contribution in [3.63, 3.8) is 0 Å². The van der Waals surface area contributed by atoms with Gasteiger partial charge in [0.2, 0.25) is 0 Å². The smallest absolute Gasteiger partial charge is 0.185 e. The van der Waals surface area contributed by atoms with E-state index in [-0.39, 0.29) is 5.78 Å². The zero-order valence-corrected chi connectivity index (χ0v) is 21.3. The second-order valence-electron chi connectivity index (χ2n) is 8.80. The summed E-state index contributed by atoms with van der Waals surface area (Å²) in [6, 6.07) is 23.3. The predicted molar refractivity (Wildman–Crippen MR) is 140 cm³/mol. The summed E-state index contributed by atoms with van der Waals surface area (Å²) in [6.45, 7) is 0. The quantitative estimate of drug-likeness (QED) is 0.383. The second-order valence-corrected chi connectivity index (χ2v) is 9.71. The Kier molecular flexibility index (Phi) is 6.04. The Morgan fingerprint density at radius 3 is 2.36 bits per heavy atom. The zero-order chi connectivity index (χ0) is 25.4. The minimum absolute atomic E-state index is 0.174. The van der Waals surface area contributed by atoms with E-state index in [0.717, 1.165) is 15.7 Å². The van der Waals surface area contributed by atoms with Crippen molar-refractivity contribution in [2.24, 2.45) is 5.41 Å². The van der Waals surface area contributed by atoms with E-state index in [9.17, 15) is 15.3 Å². The van der Waals surface area contributed by atoms with Gasteiger partial charge in [-0.1, -0.05) is 40.2 Å². The van der Waals surface area contributed by atoms with E-state index in [1.54, 1.807) is 44.6 Å². The molecule has 0 unspecified atom stereocenters. The van der Waals surface area contributed by atoms with Gasteiger partial charge in [-0.2, -0.15) is 10.5 Å². The summed E-state index contributed by atoms with van der Waals surface area (Å²) < 4.78 is 11.6. The van der Waals surface area contributed by atoms with Crippen LogP contribution in [0.1, 0.15) is 27.4 Å². The average Bonchev–Trinajstić information content (AvgIpc) is 3.23. The first-order chi connectivity index (χ1) is 17.5. The fourth-order valence-electron chi connectivity index (χ4n) is 5.40. The van der Waals surface area contributed by atoms with Crippen LogP contribution in [-0.2, 0) is 0 Å². The first-order valence-electron chi connectivity index (χ1n) is 11.4. The van der Waals surface area contributed by atoms with Crippen LogP contribution in [0, 0.1) is 28.1 Å². The van der Waals surface area contributed by atoms with Crippen molar-refractivity contribution < 1.29 is 14.3 Å². The SMILES string of the molecule is COc1ccc(C(=O)[C@@H]2[C@H](c3cccc(OC)c3)C(C#N)(C#N)[C@H]3C=Cc4cc(Br)ccc4N23)cc1. The monoisotopic (exact) mass is 539 g/mol. The minimum atomic E-state index is -1.51. The normalized spacial score (nSPS) is 21.0. The van der Waals surface area contributed by atoms with Crippen molar-refractivity contribution in [1.29, 1.82) is 10.5 Å². The third kappa shape index (κ3) is 3.56. The van der Waals surface area contributed by atoms with Crippen molar-refractivity contribution in [2.75, 3.05) is 19.1 Å². The van der Waals surface area contributed by atoms with Crippen molar-refractivity contribution in [1.82, 2.24) is 0 Å². The van der Waals surface area contributed by atoms with Gasteiger partial charge < -0.3 is 14.4 Å². The number of methoxy groups -OCH3 is 2. The molecule has 0 N–H and O–H groups in total. The highest BCUT2D eigenvalue weighted by Crippen LogP contribution is 2.56. The summed E-state index contributed by atoms with van der Waals surface area (Å²) in [5.74, 6) is 0.325. The number of halogens is 1. The van der Waals surface area contributed by atoms with Crippen LogP contribution in [0.15, 0.2) is 77.3 Å². The molecule has 0 bridgehead atoms. The predicted octanol–water partition coefficient (Wildman–Crippen LogP) is 5.75. The fourth-order valence-corrected chi connectivity index (χ4v) is 5.78. The topological polar surface area (TPSA) is 86.3 Å². The molecule has 6 nitrogen and oxygen atoms in total. The van der Waals surface area contributed by atoms with E-state index in [1.807, 2.05) is 53.5 Å². The number of carbonyl (C=O) groups is 1. The molecule has 0 aromatic heterocycles. The lowest BCUT2D eigenvalue weighted by Crippen LogP contribution is -2.44. The Hall–Kier alpha value is -4.07. The number of rotatable bonds is 5. The Labute approximate surface area is 218 Å². The highest BCUT2D eigenvalue weighted by molar-refractivity contribution is 9.10. The van der Waals surface area contributed by atoms with Crippen LogP contribution in [0.3, 0.4) is 0 Å². The second kappa shape index (κ2) is 9.18. The Morgan fingerprint density at radius 1 is 0.972 bits per heavy atom. The zero-order valence-electron chi connectivity index (χ0n) is 19.7. The Morgan fingerprint density at radius 2 is 1.69 bits per heavy atom. The first kappa shape index (κ1) is 23.7. The van der Waals surface area contributed by atoms with Gasteiger partial charge in [0.25, 0.3) is 0 Å². The lowest BCUT2D eigenvalue weighted by atomic mass is 9.69. The van der Waals surface area contributed by atoms with Crippen molar-refractivity contribution in [2.45, 2.75) is 18.0 Å². The molecule has 2 heterocycles. The molecule has 0 amide bonds. The van der Waals surface area contributed by atoms with Crippen LogP contribution in [-0.4, -0.2) is 32.1 Å². The number of nitrogens with zero attached hydrogens (tertiary/aromatic N) is 3. The van der Waals surface area contributed by atoms with Gasteiger partial charge in [-0.25, -0.2) is 0 Å². The van der Waals surface area contributed by atoms with Crippen LogP contribution in [0.5, 0.6) is 11.5 Å². The molecule has 3 aromatic carbocycles. The lowest BCUT2D eigenvalue weighted by molar-refractivity contribution is 0.0951. The summed E-state index contributed by atoms with van der Waals surface area (Å²) in [7, 11) is 3.14. The number of ketones is 1. The molecular weight excluding hydrogens is 518 g/mol. The van der Waals surface area contributed by atoms with Gasteiger partial charge in [-0.3, -0.25) is 4.79 Å². The number of nitriles is 2. The van der Waals surface area contributed by atoms with Gasteiger partial charge in [0.05, 0.1) is 32.4 Å². The summed E-state index contributed by atoms with van der Waals surface area (Å²) in [5, 5.41) is 21.1. The molecule has 178 valence electrons. The average molecular weight is 540 g/mol. The molecule has 2 aliphatic rings. The highest BCUT2D eigenvalue weighted by Gasteiger charge is 2.63. The maximum absolute atomic E-state index is 14.3. The van der Waals surface area contributed by atoms with Gasteiger partial charge in [0, 0.05) is 21.6 Å². The van der Waals surface area contributed by atoms with E-state index in [4.69, 9.17) is 9.47 Å². The number of benzene rings is 3. The van der Waals surface area contributed by atoms with Gasteiger partial charge in [0.1, 0.15) is 17.5 Å². The van der Waals surface area contributed by atoms with E-state index in [2.05, 4.69) is 28.1 Å². The Balaban J connectivity index is 1.77. The van der Waals surface area contributed by atoms with Crippen molar-refractivity contribution in [3.05, 3.63) is 94.0 Å². The number of ether oxygens (including phenoxy) is 2. The molecule has 3 atom stereocenters. The highest BCUT2D eigenvalue weighted by atomic mass is 79.9. The van der Waals surface area contributed by atoms with Gasteiger partial charge >= 0.3 is 0 Å².